The molecule has 0 radical (unpaired) electrons. The zero-order valence-electron chi connectivity index (χ0n) is 30.5. The second kappa shape index (κ2) is 17.6. The van der Waals surface area contributed by atoms with E-state index in [1.165, 1.54) is 11.1 Å². The number of hydrogen-bond acceptors (Lipinski definition) is 5. The molecule has 1 saturated heterocycles. The summed E-state index contributed by atoms with van der Waals surface area (Å²) in [6, 6.07) is 6.38. The van der Waals surface area contributed by atoms with Crippen LogP contribution in [0.3, 0.4) is 0 Å². The minimum atomic E-state index is -5.55. The van der Waals surface area contributed by atoms with Crippen molar-refractivity contribution in [2.75, 3.05) is 31.6 Å². The first-order valence-electron chi connectivity index (χ1n) is 19.5. The van der Waals surface area contributed by atoms with E-state index in [4.69, 9.17) is 4.74 Å². The molecule has 0 bridgehead atoms. The van der Waals surface area contributed by atoms with E-state index in [2.05, 4.69) is 36.3 Å². The van der Waals surface area contributed by atoms with Crippen molar-refractivity contribution >= 4 is 16.9 Å². The van der Waals surface area contributed by atoms with Crippen LogP contribution in [0.1, 0.15) is 127 Å². The van der Waals surface area contributed by atoms with Crippen LogP contribution in [0.5, 0.6) is 5.75 Å². The third kappa shape index (κ3) is 10.3. The Hall–Kier alpha value is -1.79. The number of alkyl halides is 5. The van der Waals surface area contributed by atoms with Crippen molar-refractivity contribution in [1.29, 1.82) is 0 Å². The Morgan fingerprint density at radius 2 is 1.63 bits per heavy atom. The summed E-state index contributed by atoms with van der Waals surface area (Å²) in [5, 5.41) is 14.1. The van der Waals surface area contributed by atoms with E-state index in [0.29, 0.717) is 41.6 Å². The van der Waals surface area contributed by atoms with Crippen molar-refractivity contribution in [1.82, 2.24) is 10.2 Å². The molecular formula is C39H59F5N2O4S. The first-order valence-corrected chi connectivity index (χ1v) is 20.9. The summed E-state index contributed by atoms with van der Waals surface area (Å²) in [4.78, 5) is 15.1. The number of nitrogens with zero attached hydrogens (tertiary/aromatic N) is 1. The lowest BCUT2D eigenvalue weighted by molar-refractivity contribution is -0.284. The second-order valence-corrected chi connectivity index (χ2v) is 18.0. The molecule has 3 aliphatic carbocycles. The average Bonchev–Trinajstić information content (AvgIpc) is 3.37. The molecule has 1 unspecified atom stereocenters. The Kier molecular flexibility index (Phi) is 13.9. The quantitative estimate of drug-likeness (QED) is 0.130. The molecule has 1 amide bonds. The van der Waals surface area contributed by atoms with Gasteiger partial charge in [0.2, 0.25) is 0 Å². The summed E-state index contributed by atoms with van der Waals surface area (Å²) in [5.74, 6) is -1.91. The van der Waals surface area contributed by atoms with Gasteiger partial charge in [0, 0.05) is 34.8 Å². The van der Waals surface area contributed by atoms with E-state index in [1.807, 2.05) is 6.07 Å². The Balaban J connectivity index is 1.07. The molecule has 5 rings (SSSR count). The summed E-state index contributed by atoms with van der Waals surface area (Å²) in [7, 11) is 0.721. The highest BCUT2D eigenvalue weighted by Crippen LogP contribution is 2.62. The van der Waals surface area contributed by atoms with Gasteiger partial charge in [0.1, 0.15) is 5.75 Å². The first-order chi connectivity index (χ1) is 24.2. The fourth-order valence-corrected chi connectivity index (χ4v) is 11.0. The highest BCUT2D eigenvalue weighted by atomic mass is 32.2. The number of nitrogens with one attached hydrogen (secondary N) is 1. The van der Waals surface area contributed by atoms with Gasteiger partial charge in [-0.3, -0.25) is 4.21 Å². The lowest BCUT2D eigenvalue weighted by Crippen LogP contribution is -2.47. The van der Waals surface area contributed by atoms with Crippen LogP contribution in [0.15, 0.2) is 18.2 Å². The van der Waals surface area contributed by atoms with Crippen molar-refractivity contribution in [3.8, 4) is 5.75 Å². The molecule has 12 heteroatoms. The number of likely N-dealkylation sites (tertiary alicyclic amines) is 1. The van der Waals surface area contributed by atoms with E-state index >= 15 is 0 Å². The molecule has 1 aromatic carbocycles. The summed E-state index contributed by atoms with van der Waals surface area (Å²) in [6.45, 7) is 4.23. The summed E-state index contributed by atoms with van der Waals surface area (Å²) in [5.41, 5.74) is 2.66. The second-order valence-electron chi connectivity index (χ2n) is 16.3. The molecular weight excluding hydrogens is 687 g/mol. The highest BCUT2D eigenvalue weighted by Gasteiger charge is 2.57. The number of halogens is 5. The lowest BCUT2D eigenvalue weighted by atomic mass is 9.52. The molecule has 51 heavy (non-hydrogen) atoms. The molecule has 0 aromatic heterocycles. The zero-order chi connectivity index (χ0) is 36.8. The van der Waals surface area contributed by atoms with Gasteiger partial charge in [0.15, 0.2) is 0 Å². The molecule has 1 aliphatic heterocycles. The number of aliphatic hydroxyl groups excluding tert-OH is 1. The molecule has 6 nitrogen and oxygen atoms in total. The van der Waals surface area contributed by atoms with Gasteiger partial charge in [0.05, 0.1) is 6.10 Å². The topological polar surface area (TPSA) is 78.9 Å². The summed E-state index contributed by atoms with van der Waals surface area (Å²) < 4.78 is 80.9. The fourth-order valence-electron chi connectivity index (χ4n) is 9.79. The van der Waals surface area contributed by atoms with Gasteiger partial charge in [-0.2, -0.15) is 22.0 Å². The van der Waals surface area contributed by atoms with Crippen molar-refractivity contribution in [2.45, 2.75) is 146 Å². The SMILES string of the molecule is CN1CCC(NC(=O)Oc2ccc3c(c2)C[C@@H](CCCCCCCCCS(=O)CCCC(F)(F)C(F)(F)F)[C@@H]2[C@@H]3CC[C@]3(C)[C@@H](O)CC[C@@H]23)CC1. The van der Waals surface area contributed by atoms with E-state index in [0.717, 1.165) is 103 Å². The van der Waals surface area contributed by atoms with Crippen molar-refractivity contribution < 1.29 is 40.8 Å². The van der Waals surface area contributed by atoms with Gasteiger partial charge in [-0.15, -0.1) is 0 Å². The van der Waals surface area contributed by atoms with Gasteiger partial charge in [-0.25, -0.2) is 4.79 Å². The number of fused-ring (bicyclic) bond motifs is 5. The van der Waals surface area contributed by atoms with Gasteiger partial charge < -0.3 is 20.1 Å². The number of aliphatic hydroxyl groups is 1. The maximum atomic E-state index is 13.1. The first kappa shape index (κ1) is 40.4. The van der Waals surface area contributed by atoms with E-state index in [-0.39, 0.29) is 29.4 Å². The van der Waals surface area contributed by atoms with Crippen LogP contribution in [0.4, 0.5) is 26.7 Å². The van der Waals surface area contributed by atoms with Crippen molar-refractivity contribution in [3.63, 3.8) is 0 Å². The van der Waals surface area contributed by atoms with Crippen LogP contribution in [-0.2, 0) is 17.2 Å². The van der Waals surface area contributed by atoms with Crippen LogP contribution < -0.4 is 10.1 Å². The van der Waals surface area contributed by atoms with Gasteiger partial charge >= 0.3 is 18.2 Å². The number of piperidine rings is 1. The minimum absolute atomic E-state index is 0.0240. The number of rotatable bonds is 16. The number of ether oxygens (including phenoxy) is 1. The number of carbonyl (C=O) groups is 1. The smallest absolute Gasteiger partial charge is 0.410 e. The molecule has 7 atom stereocenters. The van der Waals surface area contributed by atoms with Crippen LogP contribution in [0.25, 0.3) is 0 Å². The standard InChI is InChI=1S/C39H59F5N2O4S/c1-37-20-16-32-31-13-12-30(50-36(48)45-29-17-21-46(2)22-18-29)26-28(31)25-27(35(32)33(37)14-15-34(37)47)11-8-6-4-3-5-7-9-23-51(49)24-10-19-38(40,41)39(42,43)44/h12-13,26-27,29,32-35,47H,3-11,14-25H2,1-2H3,(H,45,48)/t27-,32-,33+,34+,35-,37+,51?/m1/s1. The third-order valence-electron chi connectivity index (χ3n) is 12.8. The molecule has 2 saturated carbocycles. The van der Waals surface area contributed by atoms with Gasteiger partial charge in [0.25, 0.3) is 0 Å². The predicted octanol–water partition coefficient (Wildman–Crippen LogP) is 9.16. The van der Waals surface area contributed by atoms with E-state index < -0.39 is 35.7 Å². The number of amides is 1. The molecule has 3 fully saturated rings. The maximum absolute atomic E-state index is 13.1. The maximum Gasteiger partial charge on any atom is 0.453 e. The molecule has 1 heterocycles. The Morgan fingerprint density at radius 1 is 0.961 bits per heavy atom. The lowest BCUT2D eigenvalue weighted by Gasteiger charge is -2.53. The van der Waals surface area contributed by atoms with Gasteiger partial charge in [-0.05, 0) is 137 Å². The molecule has 290 valence electrons. The number of carbonyl (C=O) groups excluding carboxylic acids is 1. The van der Waals surface area contributed by atoms with Gasteiger partial charge in [-0.1, -0.05) is 51.5 Å². The van der Waals surface area contributed by atoms with Crippen molar-refractivity contribution in [2.24, 2.45) is 23.2 Å². The fraction of sp³-hybridized carbons (Fsp3) is 0.821. The van der Waals surface area contributed by atoms with Crippen molar-refractivity contribution in [3.05, 3.63) is 29.3 Å². The number of hydrogen-bond donors (Lipinski definition) is 2. The van der Waals surface area contributed by atoms with E-state index in [9.17, 15) is 36.1 Å². The number of benzene rings is 1. The summed E-state index contributed by atoms with van der Waals surface area (Å²) in [6.07, 6.45) is 7.01. The monoisotopic (exact) mass is 746 g/mol. The average molecular weight is 747 g/mol. The van der Waals surface area contributed by atoms with E-state index in [1.54, 1.807) is 0 Å². The van der Waals surface area contributed by atoms with Crippen LogP contribution >= 0.6 is 0 Å². The Morgan fingerprint density at radius 3 is 2.33 bits per heavy atom. The van der Waals surface area contributed by atoms with Crippen LogP contribution in [-0.4, -0.2) is 76.2 Å². The minimum Gasteiger partial charge on any atom is -0.410 e. The molecule has 0 spiro atoms. The molecule has 4 aliphatic rings. The summed E-state index contributed by atoms with van der Waals surface area (Å²) >= 11 is 0. The Labute approximate surface area is 303 Å². The largest absolute Gasteiger partial charge is 0.453 e. The zero-order valence-corrected chi connectivity index (χ0v) is 31.3. The van der Waals surface area contributed by atoms with Crippen LogP contribution in [0, 0.1) is 23.2 Å². The molecule has 1 aromatic rings. The molecule has 2 N–H and O–H groups in total. The normalized spacial score (nSPS) is 29.2. The Bertz CT molecular complexity index is 1320. The predicted molar refractivity (Wildman–Crippen MR) is 191 cm³/mol. The highest BCUT2D eigenvalue weighted by molar-refractivity contribution is 7.84. The number of unbranched alkanes of at least 4 members (excludes halogenated alkanes) is 6. The third-order valence-corrected chi connectivity index (χ3v) is 14.3. The van der Waals surface area contributed by atoms with Crippen LogP contribution in [0.2, 0.25) is 0 Å².